The Morgan fingerprint density at radius 2 is 1.89 bits per heavy atom. The fourth-order valence-electron chi connectivity index (χ4n) is 1.79. The fraction of sp³-hybridized carbons (Fsp3) is 0.0714. The SMILES string of the molecule is Cc1cc(N)ccc1Oc1ccc2nccnc2n1. The number of ether oxygens (including phenoxy) is 1. The summed E-state index contributed by atoms with van der Waals surface area (Å²) < 4.78 is 5.74. The van der Waals surface area contributed by atoms with Gasteiger partial charge in [-0.25, -0.2) is 4.98 Å². The van der Waals surface area contributed by atoms with Crippen molar-refractivity contribution in [2.24, 2.45) is 0 Å². The largest absolute Gasteiger partial charge is 0.439 e. The van der Waals surface area contributed by atoms with Gasteiger partial charge in [0, 0.05) is 24.1 Å². The molecule has 0 fully saturated rings. The van der Waals surface area contributed by atoms with Crippen molar-refractivity contribution in [1.29, 1.82) is 0 Å². The first-order chi connectivity index (χ1) is 9.22. The summed E-state index contributed by atoms with van der Waals surface area (Å²) in [6.07, 6.45) is 3.24. The van der Waals surface area contributed by atoms with Crippen LogP contribution in [0.1, 0.15) is 5.56 Å². The number of nitrogen functional groups attached to an aromatic ring is 1. The van der Waals surface area contributed by atoms with Crippen molar-refractivity contribution in [2.45, 2.75) is 6.92 Å². The van der Waals surface area contributed by atoms with Gasteiger partial charge >= 0.3 is 0 Å². The Bertz CT molecular complexity index is 742. The Balaban J connectivity index is 1.96. The molecule has 0 radical (unpaired) electrons. The van der Waals surface area contributed by atoms with Crippen LogP contribution >= 0.6 is 0 Å². The molecular weight excluding hydrogens is 240 g/mol. The third kappa shape index (κ3) is 2.30. The van der Waals surface area contributed by atoms with E-state index in [1.54, 1.807) is 24.5 Å². The zero-order valence-electron chi connectivity index (χ0n) is 10.4. The van der Waals surface area contributed by atoms with Crippen LogP contribution < -0.4 is 10.5 Å². The third-order valence-electron chi connectivity index (χ3n) is 2.72. The molecule has 0 unspecified atom stereocenters. The van der Waals surface area contributed by atoms with Gasteiger partial charge in [-0.05, 0) is 36.8 Å². The molecule has 5 nitrogen and oxygen atoms in total. The van der Waals surface area contributed by atoms with E-state index in [0.717, 1.165) is 16.8 Å². The maximum atomic E-state index is 5.74. The lowest BCUT2D eigenvalue weighted by atomic mass is 10.2. The van der Waals surface area contributed by atoms with E-state index in [4.69, 9.17) is 10.5 Å². The van der Waals surface area contributed by atoms with E-state index in [-0.39, 0.29) is 0 Å². The average molecular weight is 252 g/mol. The fourth-order valence-corrected chi connectivity index (χ4v) is 1.79. The molecule has 19 heavy (non-hydrogen) atoms. The van der Waals surface area contributed by atoms with Gasteiger partial charge in [0.2, 0.25) is 5.88 Å². The zero-order valence-corrected chi connectivity index (χ0v) is 10.4. The summed E-state index contributed by atoms with van der Waals surface area (Å²) in [6.45, 7) is 1.94. The highest BCUT2D eigenvalue weighted by molar-refractivity contribution is 5.69. The minimum Gasteiger partial charge on any atom is -0.439 e. The van der Waals surface area contributed by atoms with Gasteiger partial charge in [0.25, 0.3) is 0 Å². The molecule has 1 aromatic carbocycles. The van der Waals surface area contributed by atoms with Crippen LogP contribution in [-0.2, 0) is 0 Å². The summed E-state index contributed by atoms with van der Waals surface area (Å²) in [5, 5.41) is 0. The van der Waals surface area contributed by atoms with E-state index in [2.05, 4.69) is 15.0 Å². The van der Waals surface area contributed by atoms with Crippen molar-refractivity contribution in [3.63, 3.8) is 0 Å². The molecule has 5 heteroatoms. The molecule has 2 heterocycles. The molecule has 0 amide bonds. The summed E-state index contributed by atoms with van der Waals surface area (Å²) in [7, 11) is 0. The number of nitrogens with zero attached hydrogens (tertiary/aromatic N) is 3. The second-order valence-electron chi connectivity index (χ2n) is 4.18. The van der Waals surface area contributed by atoms with Crippen LogP contribution in [0.25, 0.3) is 11.2 Å². The molecular formula is C14H12N4O. The quantitative estimate of drug-likeness (QED) is 0.710. The Morgan fingerprint density at radius 3 is 2.74 bits per heavy atom. The maximum absolute atomic E-state index is 5.74. The number of hydrogen-bond donors (Lipinski definition) is 1. The molecule has 0 aliphatic rings. The molecule has 0 aliphatic heterocycles. The smallest absolute Gasteiger partial charge is 0.221 e. The Hall–Kier alpha value is -2.69. The number of benzene rings is 1. The van der Waals surface area contributed by atoms with E-state index in [1.807, 2.05) is 25.1 Å². The summed E-state index contributed by atoms with van der Waals surface area (Å²) in [5.41, 5.74) is 8.68. The van der Waals surface area contributed by atoms with Gasteiger partial charge in [-0.3, -0.25) is 4.98 Å². The van der Waals surface area contributed by atoms with E-state index in [0.29, 0.717) is 17.2 Å². The van der Waals surface area contributed by atoms with Gasteiger partial charge in [-0.2, -0.15) is 4.98 Å². The topological polar surface area (TPSA) is 73.9 Å². The van der Waals surface area contributed by atoms with Gasteiger partial charge in [0.15, 0.2) is 5.65 Å². The first-order valence-corrected chi connectivity index (χ1v) is 5.84. The highest BCUT2D eigenvalue weighted by Crippen LogP contribution is 2.25. The molecule has 0 atom stereocenters. The molecule has 0 spiro atoms. The van der Waals surface area contributed by atoms with Crippen molar-refractivity contribution >= 4 is 16.9 Å². The van der Waals surface area contributed by atoms with Crippen molar-refractivity contribution in [1.82, 2.24) is 15.0 Å². The normalized spacial score (nSPS) is 10.6. The number of hydrogen-bond acceptors (Lipinski definition) is 5. The van der Waals surface area contributed by atoms with Crippen LogP contribution in [0.2, 0.25) is 0 Å². The predicted octanol–water partition coefficient (Wildman–Crippen LogP) is 2.71. The highest BCUT2D eigenvalue weighted by Gasteiger charge is 2.05. The molecule has 0 bridgehead atoms. The average Bonchev–Trinajstić information content (AvgIpc) is 2.42. The zero-order chi connectivity index (χ0) is 13.2. The Morgan fingerprint density at radius 1 is 1.05 bits per heavy atom. The second-order valence-corrected chi connectivity index (χ2v) is 4.18. The maximum Gasteiger partial charge on any atom is 0.221 e. The van der Waals surface area contributed by atoms with Gasteiger partial charge in [0.1, 0.15) is 11.3 Å². The number of fused-ring (bicyclic) bond motifs is 1. The first-order valence-electron chi connectivity index (χ1n) is 5.84. The molecule has 0 aliphatic carbocycles. The second kappa shape index (κ2) is 4.53. The molecule has 3 aromatic rings. The van der Waals surface area contributed by atoms with Crippen LogP contribution in [0.5, 0.6) is 11.6 Å². The van der Waals surface area contributed by atoms with Crippen LogP contribution in [-0.4, -0.2) is 15.0 Å². The van der Waals surface area contributed by atoms with E-state index >= 15 is 0 Å². The molecule has 94 valence electrons. The number of aryl methyl sites for hydroxylation is 1. The monoisotopic (exact) mass is 252 g/mol. The number of aromatic nitrogens is 3. The van der Waals surface area contributed by atoms with E-state index in [1.165, 1.54) is 0 Å². The van der Waals surface area contributed by atoms with E-state index < -0.39 is 0 Å². The number of anilines is 1. The van der Waals surface area contributed by atoms with Crippen molar-refractivity contribution in [2.75, 3.05) is 5.73 Å². The van der Waals surface area contributed by atoms with Crippen LogP contribution in [0, 0.1) is 6.92 Å². The minimum absolute atomic E-state index is 0.487. The van der Waals surface area contributed by atoms with Crippen LogP contribution in [0.4, 0.5) is 5.69 Å². The Labute approximate surface area is 110 Å². The molecule has 3 rings (SSSR count). The molecule has 2 aromatic heterocycles. The summed E-state index contributed by atoms with van der Waals surface area (Å²) in [4.78, 5) is 12.6. The lowest BCUT2D eigenvalue weighted by Gasteiger charge is -2.08. The third-order valence-corrected chi connectivity index (χ3v) is 2.72. The number of rotatable bonds is 2. The summed E-state index contributed by atoms with van der Waals surface area (Å²) >= 11 is 0. The predicted molar refractivity (Wildman–Crippen MR) is 73.0 cm³/mol. The standard InChI is InChI=1S/C14H12N4O/c1-9-8-10(15)2-4-12(9)19-13-5-3-11-14(18-13)17-7-6-16-11/h2-8H,15H2,1H3. The number of pyridine rings is 1. The van der Waals surface area contributed by atoms with Crippen molar-refractivity contribution in [3.05, 3.63) is 48.3 Å². The summed E-state index contributed by atoms with van der Waals surface area (Å²) in [5.74, 6) is 1.21. The van der Waals surface area contributed by atoms with Gasteiger partial charge in [-0.1, -0.05) is 0 Å². The van der Waals surface area contributed by atoms with Crippen LogP contribution in [0.15, 0.2) is 42.7 Å². The van der Waals surface area contributed by atoms with E-state index in [9.17, 15) is 0 Å². The molecule has 0 saturated carbocycles. The lowest BCUT2D eigenvalue weighted by molar-refractivity contribution is 0.461. The lowest BCUT2D eigenvalue weighted by Crippen LogP contribution is -1.94. The minimum atomic E-state index is 0.487. The Kier molecular flexibility index (Phi) is 2.72. The van der Waals surface area contributed by atoms with Crippen molar-refractivity contribution < 1.29 is 4.74 Å². The van der Waals surface area contributed by atoms with Crippen LogP contribution in [0.3, 0.4) is 0 Å². The number of nitrogens with two attached hydrogens (primary N) is 1. The first kappa shape index (κ1) is 11.4. The highest BCUT2D eigenvalue weighted by atomic mass is 16.5. The molecule has 0 saturated heterocycles. The van der Waals surface area contributed by atoms with Gasteiger partial charge < -0.3 is 10.5 Å². The van der Waals surface area contributed by atoms with Gasteiger partial charge in [-0.15, -0.1) is 0 Å². The molecule has 2 N–H and O–H groups in total. The van der Waals surface area contributed by atoms with Gasteiger partial charge in [0.05, 0.1) is 0 Å². The van der Waals surface area contributed by atoms with Crippen molar-refractivity contribution in [3.8, 4) is 11.6 Å². The summed E-state index contributed by atoms with van der Waals surface area (Å²) in [6, 6.07) is 9.08.